The Labute approximate surface area is 146 Å². The van der Waals surface area contributed by atoms with Gasteiger partial charge in [-0.25, -0.2) is 13.8 Å². The summed E-state index contributed by atoms with van der Waals surface area (Å²) in [4.78, 5) is 12.6. The van der Waals surface area contributed by atoms with Gasteiger partial charge in [-0.1, -0.05) is 30.3 Å². The summed E-state index contributed by atoms with van der Waals surface area (Å²) in [5.41, 5.74) is 8.28. The van der Waals surface area contributed by atoms with E-state index in [-0.39, 0.29) is 17.9 Å². The standard InChI is InChI=1S/C17H20N4O3S/c1-25(23,24)21-14-9-7-13(8-10-14)19-17(22)15-11-18-20-16(15)12-5-3-2-4-6-12/h2-10,15-16,18,20-21H,11H2,1H3,(H,19,22). The number of anilines is 2. The Bertz CT molecular complexity index is 838. The number of carbonyl (C=O) groups excluding carboxylic acids is 1. The van der Waals surface area contributed by atoms with Crippen molar-refractivity contribution < 1.29 is 13.2 Å². The fourth-order valence-corrected chi connectivity index (χ4v) is 3.35. The number of hydrazine groups is 1. The summed E-state index contributed by atoms with van der Waals surface area (Å²) < 4.78 is 24.8. The minimum atomic E-state index is -3.32. The number of hydrogen-bond acceptors (Lipinski definition) is 5. The Morgan fingerprint density at radius 2 is 1.68 bits per heavy atom. The molecule has 2 atom stereocenters. The van der Waals surface area contributed by atoms with Crippen molar-refractivity contribution in [1.29, 1.82) is 0 Å². The maximum absolute atomic E-state index is 12.6. The summed E-state index contributed by atoms with van der Waals surface area (Å²) in [5, 5.41) is 2.88. The van der Waals surface area contributed by atoms with Crippen LogP contribution in [0.1, 0.15) is 11.6 Å². The lowest BCUT2D eigenvalue weighted by molar-refractivity contribution is -0.119. The Morgan fingerprint density at radius 1 is 1.04 bits per heavy atom. The molecule has 7 nitrogen and oxygen atoms in total. The molecular formula is C17H20N4O3S. The van der Waals surface area contributed by atoms with Crippen molar-refractivity contribution >= 4 is 27.3 Å². The maximum atomic E-state index is 12.6. The summed E-state index contributed by atoms with van der Waals surface area (Å²) >= 11 is 0. The number of hydrogen-bond donors (Lipinski definition) is 4. The molecule has 0 radical (unpaired) electrons. The lowest BCUT2D eigenvalue weighted by Crippen LogP contribution is -2.29. The monoisotopic (exact) mass is 360 g/mol. The number of nitrogens with one attached hydrogen (secondary N) is 4. The molecule has 0 bridgehead atoms. The molecule has 8 heteroatoms. The Hall–Kier alpha value is -2.42. The third-order valence-corrected chi connectivity index (χ3v) is 4.54. The minimum absolute atomic E-state index is 0.102. The van der Waals surface area contributed by atoms with Gasteiger partial charge in [0.1, 0.15) is 0 Å². The predicted molar refractivity (Wildman–Crippen MR) is 97.3 cm³/mol. The largest absolute Gasteiger partial charge is 0.326 e. The zero-order chi connectivity index (χ0) is 17.9. The first-order chi connectivity index (χ1) is 11.9. The van der Waals surface area contributed by atoms with Crippen molar-refractivity contribution in [3.05, 3.63) is 60.2 Å². The third-order valence-electron chi connectivity index (χ3n) is 3.93. The summed E-state index contributed by atoms with van der Waals surface area (Å²) in [6, 6.07) is 16.2. The number of amides is 1. The second kappa shape index (κ2) is 7.22. The first-order valence-electron chi connectivity index (χ1n) is 7.84. The smallest absolute Gasteiger partial charge is 0.230 e. The first-order valence-corrected chi connectivity index (χ1v) is 9.73. The molecule has 132 valence electrons. The Morgan fingerprint density at radius 3 is 2.32 bits per heavy atom. The van der Waals surface area contributed by atoms with Gasteiger partial charge < -0.3 is 5.32 Å². The van der Waals surface area contributed by atoms with Crippen molar-refractivity contribution in [2.75, 3.05) is 22.8 Å². The van der Waals surface area contributed by atoms with Gasteiger partial charge in [-0.3, -0.25) is 14.9 Å². The average Bonchev–Trinajstić information content (AvgIpc) is 3.06. The summed E-state index contributed by atoms with van der Waals surface area (Å²) in [5.74, 6) is -0.355. The van der Waals surface area contributed by atoms with Gasteiger partial charge in [-0.05, 0) is 29.8 Å². The van der Waals surface area contributed by atoms with Crippen LogP contribution in [-0.2, 0) is 14.8 Å². The Kier molecular flexibility index (Phi) is 5.03. The third kappa shape index (κ3) is 4.56. The highest BCUT2D eigenvalue weighted by molar-refractivity contribution is 7.92. The van der Waals surface area contributed by atoms with Crippen LogP contribution in [0.5, 0.6) is 0 Å². The summed E-state index contributed by atoms with van der Waals surface area (Å²) in [6.45, 7) is 0.527. The molecule has 0 spiro atoms. The van der Waals surface area contributed by atoms with Gasteiger partial charge in [0.2, 0.25) is 15.9 Å². The van der Waals surface area contributed by atoms with E-state index in [1.54, 1.807) is 24.3 Å². The minimum Gasteiger partial charge on any atom is -0.326 e. The molecule has 1 fully saturated rings. The predicted octanol–water partition coefficient (Wildman–Crippen LogP) is 1.46. The van der Waals surface area contributed by atoms with E-state index in [9.17, 15) is 13.2 Å². The second-order valence-electron chi connectivity index (χ2n) is 5.96. The molecule has 0 saturated carbocycles. The normalized spacial score (nSPS) is 20.2. The maximum Gasteiger partial charge on any atom is 0.230 e. The van der Waals surface area contributed by atoms with Crippen LogP contribution in [0.3, 0.4) is 0 Å². The molecule has 1 heterocycles. The van der Waals surface area contributed by atoms with Crippen molar-refractivity contribution in [2.24, 2.45) is 5.92 Å². The van der Waals surface area contributed by atoms with Crippen molar-refractivity contribution in [2.45, 2.75) is 6.04 Å². The lowest BCUT2D eigenvalue weighted by Gasteiger charge is -2.18. The lowest BCUT2D eigenvalue weighted by atomic mass is 9.94. The van der Waals surface area contributed by atoms with Gasteiger partial charge in [0.25, 0.3) is 0 Å². The molecule has 25 heavy (non-hydrogen) atoms. The molecule has 2 unspecified atom stereocenters. The zero-order valence-corrected chi connectivity index (χ0v) is 14.5. The van der Waals surface area contributed by atoms with Gasteiger partial charge in [0.05, 0.1) is 18.2 Å². The van der Waals surface area contributed by atoms with E-state index >= 15 is 0 Å². The van der Waals surface area contributed by atoms with Crippen LogP contribution in [0.25, 0.3) is 0 Å². The highest BCUT2D eigenvalue weighted by Gasteiger charge is 2.33. The Balaban J connectivity index is 1.67. The van der Waals surface area contributed by atoms with Gasteiger partial charge >= 0.3 is 0 Å². The molecule has 4 N–H and O–H groups in total. The fraction of sp³-hybridized carbons (Fsp3) is 0.235. The molecule has 1 amide bonds. The zero-order valence-electron chi connectivity index (χ0n) is 13.7. The van der Waals surface area contributed by atoms with Gasteiger partial charge in [0, 0.05) is 17.9 Å². The van der Waals surface area contributed by atoms with Crippen molar-refractivity contribution in [3.8, 4) is 0 Å². The molecule has 1 aliphatic rings. The molecule has 2 aromatic carbocycles. The number of carbonyl (C=O) groups is 1. The van der Waals surface area contributed by atoms with Gasteiger partial charge in [-0.2, -0.15) is 0 Å². The van der Waals surface area contributed by atoms with E-state index in [1.807, 2.05) is 30.3 Å². The summed E-state index contributed by atoms with van der Waals surface area (Å²) in [6.07, 6.45) is 1.09. The van der Waals surface area contributed by atoms with Crippen LogP contribution in [0.4, 0.5) is 11.4 Å². The number of benzene rings is 2. The van der Waals surface area contributed by atoms with E-state index < -0.39 is 10.0 Å². The molecule has 1 aliphatic heterocycles. The molecule has 2 aromatic rings. The topological polar surface area (TPSA) is 99.3 Å². The SMILES string of the molecule is CS(=O)(=O)Nc1ccc(NC(=O)C2CNNC2c2ccccc2)cc1. The van der Waals surface area contributed by atoms with Gasteiger partial charge in [-0.15, -0.1) is 0 Å². The van der Waals surface area contributed by atoms with E-state index in [0.717, 1.165) is 11.8 Å². The number of rotatable bonds is 5. The highest BCUT2D eigenvalue weighted by atomic mass is 32.2. The molecule has 1 saturated heterocycles. The molecular weight excluding hydrogens is 340 g/mol. The first kappa shape index (κ1) is 17.4. The van der Waals surface area contributed by atoms with E-state index in [0.29, 0.717) is 17.9 Å². The number of sulfonamides is 1. The van der Waals surface area contributed by atoms with Crippen LogP contribution in [0.15, 0.2) is 54.6 Å². The molecule has 3 rings (SSSR count). The van der Waals surface area contributed by atoms with Gasteiger partial charge in [0.15, 0.2) is 0 Å². The highest BCUT2D eigenvalue weighted by Crippen LogP contribution is 2.26. The van der Waals surface area contributed by atoms with Crippen LogP contribution in [-0.4, -0.2) is 27.1 Å². The van der Waals surface area contributed by atoms with E-state index in [1.165, 1.54) is 0 Å². The van der Waals surface area contributed by atoms with Crippen molar-refractivity contribution in [1.82, 2.24) is 10.9 Å². The quantitative estimate of drug-likeness (QED) is 0.647. The summed E-state index contributed by atoms with van der Waals surface area (Å²) in [7, 11) is -3.32. The molecule has 0 aromatic heterocycles. The average molecular weight is 360 g/mol. The van der Waals surface area contributed by atoms with Crippen LogP contribution in [0, 0.1) is 5.92 Å². The van der Waals surface area contributed by atoms with Crippen molar-refractivity contribution in [3.63, 3.8) is 0 Å². The van der Waals surface area contributed by atoms with Crippen LogP contribution in [0.2, 0.25) is 0 Å². The van der Waals surface area contributed by atoms with Crippen LogP contribution >= 0.6 is 0 Å². The van der Waals surface area contributed by atoms with E-state index in [4.69, 9.17) is 0 Å². The molecule has 0 aliphatic carbocycles. The van der Waals surface area contributed by atoms with Crippen LogP contribution < -0.4 is 20.9 Å². The van der Waals surface area contributed by atoms with E-state index in [2.05, 4.69) is 20.9 Å². The fourth-order valence-electron chi connectivity index (χ4n) is 2.79. The second-order valence-corrected chi connectivity index (χ2v) is 7.71.